The maximum atomic E-state index is 10.5. The van der Waals surface area contributed by atoms with Gasteiger partial charge in [0.2, 0.25) is 1.43 Å². The Morgan fingerprint density at radius 2 is 2.10 bits per heavy atom. The predicted octanol–water partition coefficient (Wildman–Crippen LogP) is 0.911. The highest BCUT2D eigenvalue weighted by Gasteiger charge is 2.12. The number of rotatable bonds is 7. The molecule has 0 saturated carbocycles. The van der Waals surface area contributed by atoms with Gasteiger partial charge >= 0.3 is 0 Å². The SMILES string of the molecule is [2HH].[2HH].[2H]CC.[2H]N[2H].[2H]OC([2H])C(C(C)=O)C(=O)[O-].[2H][C@H](C)[C@H](C)[C@H]([2H])C(=C)[O-]. The van der Waals surface area contributed by atoms with E-state index in [9.17, 15) is 19.8 Å². The van der Waals surface area contributed by atoms with Crippen molar-refractivity contribution in [3.05, 3.63) is 12.3 Å². The van der Waals surface area contributed by atoms with Crippen molar-refractivity contribution >= 4 is 11.8 Å². The largest absolute Gasteiger partial charge is 0.876 e. The van der Waals surface area contributed by atoms with Gasteiger partial charge in [-0.3, -0.25) is 4.79 Å². The molecule has 0 rings (SSSR count). The van der Waals surface area contributed by atoms with Crippen LogP contribution in [-0.4, -0.2) is 24.9 Å². The number of hydrogen-bond donors (Lipinski definition) is 2. The van der Waals surface area contributed by atoms with Gasteiger partial charge in [-0.2, -0.15) is 0 Å². The van der Waals surface area contributed by atoms with Crippen LogP contribution in [0.4, 0.5) is 0 Å². The molecular weight excluding hydrogens is 262 g/mol. The Morgan fingerprint density at radius 1 is 1.65 bits per heavy atom. The molecule has 0 fully saturated rings. The lowest BCUT2D eigenvalue weighted by molar-refractivity contribution is -0.310. The van der Waals surface area contributed by atoms with E-state index < -0.39 is 36.4 Å². The van der Waals surface area contributed by atoms with Gasteiger partial charge in [-0.25, -0.2) is 0 Å². The van der Waals surface area contributed by atoms with Crippen molar-refractivity contribution in [3.63, 3.8) is 0 Å². The average Bonchev–Trinajstić information content (AvgIpc) is 2.54. The van der Waals surface area contributed by atoms with Gasteiger partial charge in [0.1, 0.15) is 8.61 Å². The third-order valence-electron chi connectivity index (χ3n) is 1.80. The van der Waals surface area contributed by atoms with Gasteiger partial charge < -0.3 is 26.3 Å². The number of aliphatic hydroxyl groups is 1. The fraction of sp³-hybridized carbons (Fsp3) is 0.714. The zero-order valence-corrected chi connectivity index (χ0v) is 12.3. The number of carboxylic acid groups (broad SMARTS) is 1. The molecular formula is C14H33NO5-2. The zero-order chi connectivity index (χ0) is 22.7. The highest BCUT2D eigenvalue weighted by Crippen LogP contribution is 2.08. The Kier molecular flexibility index (Phi) is 10.9. The third kappa shape index (κ3) is 19.0. The Bertz CT molecular complexity index is 390. The number of carboxylic acids is 1. The van der Waals surface area contributed by atoms with E-state index in [2.05, 4.69) is 11.7 Å². The lowest BCUT2D eigenvalue weighted by Crippen LogP contribution is -2.37. The Balaban J connectivity index is -0.0000000680. The van der Waals surface area contributed by atoms with Gasteiger partial charge in [0.15, 0.2) is 0 Å². The van der Waals surface area contributed by atoms with Crippen LogP contribution < -0.4 is 16.3 Å². The molecule has 5 atom stereocenters. The first-order valence-corrected chi connectivity index (χ1v) is 5.63. The molecule has 0 aromatic rings. The summed E-state index contributed by atoms with van der Waals surface area (Å²) < 4.78 is 44.9. The molecule has 6 heteroatoms. The first kappa shape index (κ1) is 12.3. The fourth-order valence-electron chi connectivity index (χ4n) is 0.707. The molecule has 0 aromatic carbocycles. The maximum Gasteiger partial charge on any atom is 0.210 e. The van der Waals surface area contributed by atoms with Crippen molar-refractivity contribution in [2.45, 2.75) is 47.4 Å². The number of carbonyl (C=O) groups is 2. The van der Waals surface area contributed by atoms with Crippen LogP contribution >= 0.6 is 0 Å². The minimum Gasteiger partial charge on any atom is -0.876 e. The van der Waals surface area contributed by atoms with Crippen molar-refractivity contribution in [3.8, 4) is 0 Å². The van der Waals surface area contributed by atoms with Crippen LogP contribution in [0.2, 0.25) is 2.82 Å². The molecule has 0 heterocycles. The summed E-state index contributed by atoms with van der Waals surface area (Å²) in [6, 6.07) is 0. The van der Waals surface area contributed by atoms with Crippen LogP contribution in [0.25, 0.3) is 0 Å². The fourth-order valence-corrected chi connectivity index (χ4v) is 0.707. The first-order chi connectivity index (χ1) is 12.3. The van der Waals surface area contributed by atoms with Crippen LogP contribution in [0.1, 0.15) is 55.7 Å². The molecule has 0 aliphatic carbocycles. The van der Waals surface area contributed by atoms with Gasteiger partial charge in [0.05, 0.1) is 19.8 Å². The average molecular weight is 304 g/mol. The van der Waals surface area contributed by atoms with E-state index >= 15 is 0 Å². The summed E-state index contributed by atoms with van der Waals surface area (Å²) in [6.45, 7) is 8.11. The van der Waals surface area contributed by atoms with Crippen LogP contribution in [0.3, 0.4) is 0 Å². The highest BCUT2D eigenvalue weighted by atomic mass is 16.4. The van der Waals surface area contributed by atoms with E-state index in [0.717, 1.165) is 6.92 Å². The van der Waals surface area contributed by atoms with Gasteiger partial charge in [-0.15, -0.1) is 12.3 Å². The lowest BCUT2D eigenvalue weighted by Gasteiger charge is -2.13. The quantitative estimate of drug-likeness (QED) is 0.530. The Morgan fingerprint density at radius 3 is 2.20 bits per heavy atom. The third-order valence-corrected chi connectivity index (χ3v) is 1.80. The van der Waals surface area contributed by atoms with Crippen molar-refractivity contribution in [2.75, 3.05) is 6.58 Å². The normalized spacial score (nSPS) is 20.5. The molecule has 126 valence electrons. The molecule has 0 saturated heterocycles. The summed E-state index contributed by atoms with van der Waals surface area (Å²) in [5.74, 6) is -4.73. The summed E-state index contributed by atoms with van der Waals surface area (Å²) in [5, 5.41) is 24.2. The Hall–Kier alpha value is -1.40. The summed E-state index contributed by atoms with van der Waals surface area (Å²) in [4.78, 5) is 20.6. The number of ketones is 1. The Labute approximate surface area is 135 Å². The van der Waals surface area contributed by atoms with E-state index in [0.29, 0.717) is 6.90 Å². The second-order valence-corrected chi connectivity index (χ2v) is 3.37. The summed E-state index contributed by atoms with van der Waals surface area (Å²) in [6.07, 6.45) is 0.0562. The molecule has 0 aliphatic heterocycles. The molecule has 0 bridgehead atoms. The number of aliphatic carboxylic acids is 1. The number of hydrogen-bond acceptors (Lipinski definition) is 6. The highest BCUT2D eigenvalue weighted by molar-refractivity contribution is 5.96. The van der Waals surface area contributed by atoms with E-state index in [4.69, 9.17) is 9.74 Å². The lowest BCUT2D eigenvalue weighted by atomic mass is 10.1. The van der Waals surface area contributed by atoms with Gasteiger partial charge in [-0.05, 0) is 19.2 Å². The van der Waals surface area contributed by atoms with Crippen molar-refractivity contribution < 1.29 is 36.1 Å². The summed E-state index contributed by atoms with van der Waals surface area (Å²) in [5.41, 5.74) is 0. The van der Waals surface area contributed by atoms with Gasteiger partial charge in [0.25, 0.3) is 0 Å². The standard InChI is InChI=1S/C7H14O.C5H8O4.C2H6.H3N.2H2/c1-4-6(2)5-7(3)8;1-3(7)4(2-6)5(8)9;1-2;;;/h6,8H,3-5H2,1-2H3;4,6H,2H2,1H3,(H,8,9);1-2H3;1H3;2*1H/p-2/t6-;;;;;/m0...../s1/i4D,5D;2D,6D;1D;;2*1+1/hD2/t4-,5+,6+;;;;;/m1...... The first-order valence-electron chi connectivity index (χ1n) is 9.48. The van der Waals surface area contributed by atoms with E-state index in [1.165, 1.54) is 6.14 Å². The van der Waals surface area contributed by atoms with Crippen LogP contribution in [0, 0.1) is 11.8 Å². The minimum atomic E-state index is -1.71. The summed E-state index contributed by atoms with van der Waals surface area (Å²) >= 11 is 0. The molecule has 0 amide bonds. The molecule has 0 aliphatic rings. The van der Waals surface area contributed by atoms with Crippen LogP contribution in [0.5, 0.6) is 0 Å². The number of Topliss-reactive ketones (excluding diaryl/α,β-unsaturated/α-hetero) is 1. The van der Waals surface area contributed by atoms with Crippen molar-refractivity contribution in [1.82, 2.24) is 6.14 Å². The maximum absolute atomic E-state index is 10.5. The number of carbonyl (C=O) groups excluding carboxylic acids is 2. The topological polar surface area (TPSA) is 135 Å². The molecule has 4 N–H and O–H groups in total. The molecule has 6 nitrogen and oxygen atoms in total. The molecule has 0 spiro atoms. The van der Waals surface area contributed by atoms with E-state index in [1.807, 2.05) is 0 Å². The molecule has 0 aromatic heterocycles. The van der Waals surface area contributed by atoms with Crippen LogP contribution in [0.15, 0.2) is 12.3 Å². The predicted molar refractivity (Wildman–Crippen MR) is 80.1 cm³/mol. The zero-order valence-electron chi connectivity index (χ0n) is 19.3. The van der Waals surface area contributed by atoms with Crippen LogP contribution in [-0.2, 0) is 9.59 Å². The molecule has 2 unspecified atom stereocenters. The van der Waals surface area contributed by atoms with E-state index in [-0.39, 0.29) is 15.2 Å². The monoisotopic (exact) mass is 304 g/mol. The second kappa shape index (κ2) is 17.6. The van der Waals surface area contributed by atoms with Gasteiger partial charge in [0, 0.05) is 6.97 Å². The second-order valence-electron chi connectivity index (χ2n) is 3.37. The van der Waals surface area contributed by atoms with Crippen molar-refractivity contribution in [1.29, 1.82) is 1.43 Å². The van der Waals surface area contributed by atoms with Crippen molar-refractivity contribution in [2.24, 2.45) is 11.8 Å². The smallest absolute Gasteiger partial charge is 0.210 e. The van der Waals surface area contributed by atoms with Gasteiger partial charge in [-0.1, -0.05) is 34.1 Å². The molecule has 0 radical (unpaired) electrons. The molecule has 20 heavy (non-hydrogen) atoms. The number of aliphatic hydroxyl groups excluding tert-OH is 1. The minimum absolute atomic E-state index is 0. The number of allylic oxidation sites excluding steroid dienone is 1. The van der Waals surface area contributed by atoms with E-state index in [1.54, 1.807) is 20.8 Å². The summed E-state index contributed by atoms with van der Waals surface area (Å²) in [7, 11) is 0.